The second kappa shape index (κ2) is 8.76. The van der Waals surface area contributed by atoms with Crippen LogP contribution in [0.4, 0.5) is 0 Å². The van der Waals surface area contributed by atoms with Crippen LogP contribution in [-0.4, -0.2) is 16.8 Å². The Labute approximate surface area is 158 Å². The third kappa shape index (κ3) is 5.01. The first-order valence-electron chi connectivity index (χ1n) is 8.77. The Hall–Kier alpha value is -3.47. The molecule has 27 heavy (non-hydrogen) atoms. The molecule has 0 bridgehead atoms. The van der Waals surface area contributed by atoms with E-state index >= 15 is 0 Å². The Morgan fingerprint density at radius 2 is 1.48 bits per heavy atom. The van der Waals surface area contributed by atoms with Crippen molar-refractivity contribution in [1.29, 1.82) is 0 Å². The van der Waals surface area contributed by atoms with Gasteiger partial charge in [-0.2, -0.15) is 0 Å². The summed E-state index contributed by atoms with van der Waals surface area (Å²) in [6, 6.07) is 21.8. The number of hydrogen-bond donors (Lipinski definition) is 2. The number of carbonyl (C=O) groups is 2. The van der Waals surface area contributed by atoms with Gasteiger partial charge in [0.2, 0.25) is 0 Å². The molecule has 0 fully saturated rings. The second-order valence-electron chi connectivity index (χ2n) is 6.19. The molecule has 1 heterocycles. The summed E-state index contributed by atoms with van der Waals surface area (Å²) in [5, 5.41) is 5.78. The molecule has 1 unspecified atom stereocenters. The smallest absolute Gasteiger partial charge is 0.251 e. The fourth-order valence-corrected chi connectivity index (χ4v) is 2.65. The monoisotopic (exact) mass is 359 g/mol. The maximum absolute atomic E-state index is 12.4. The number of aromatic nitrogens is 1. The molecule has 0 spiro atoms. The van der Waals surface area contributed by atoms with Gasteiger partial charge < -0.3 is 10.6 Å². The summed E-state index contributed by atoms with van der Waals surface area (Å²) < 4.78 is 0. The van der Waals surface area contributed by atoms with E-state index in [0.717, 1.165) is 11.3 Å². The minimum Gasteiger partial charge on any atom is -0.346 e. The van der Waals surface area contributed by atoms with Crippen molar-refractivity contribution in [2.75, 3.05) is 0 Å². The topological polar surface area (TPSA) is 71.1 Å². The lowest BCUT2D eigenvalue weighted by Crippen LogP contribution is -2.27. The van der Waals surface area contributed by atoms with Crippen LogP contribution in [0.25, 0.3) is 0 Å². The normalized spacial score (nSPS) is 11.4. The Morgan fingerprint density at radius 3 is 2.11 bits per heavy atom. The molecule has 1 aromatic heterocycles. The zero-order valence-electron chi connectivity index (χ0n) is 15.1. The Kier molecular flexibility index (Phi) is 5.94. The highest BCUT2D eigenvalue weighted by Crippen LogP contribution is 2.13. The van der Waals surface area contributed by atoms with Gasteiger partial charge in [0.15, 0.2) is 0 Å². The van der Waals surface area contributed by atoms with Crippen molar-refractivity contribution in [3.8, 4) is 0 Å². The summed E-state index contributed by atoms with van der Waals surface area (Å²) in [7, 11) is 0. The number of carbonyl (C=O) groups excluding carboxylic acids is 2. The van der Waals surface area contributed by atoms with E-state index in [0.29, 0.717) is 17.7 Å². The lowest BCUT2D eigenvalue weighted by atomic mass is 10.1. The average molecular weight is 359 g/mol. The summed E-state index contributed by atoms with van der Waals surface area (Å²) >= 11 is 0. The van der Waals surface area contributed by atoms with Crippen LogP contribution in [0.2, 0.25) is 0 Å². The van der Waals surface area contributed by atoms with Gasteiger partial charge in [-0.15, -0.1) is 0 Å². The molecule has 5 heteroatoms. The highest BCUT2D eigenvalue weighted by molar-refractivity contribution is 5.97. The second-order valence-corrected chi connectivity index (χ2v) is 6.19. The molecule has 2 amide bonds. The molecule has 5 nitrogen and oxygen atoms in total. The first-order valence-corrected chi connectivity index (χ1v) is 8.77. The van der Waals surface area contributed by atoms with Crippen molar-refractivity contribution < 1.29 is 9.59 Å². The molecule has 3 rings (SSSR count). The summed E-state index contributed by atoms with van der Waals surface area (Å²) in [5.41, 5.74) is 2.84. The number of pyridine rings is 1. The molecule has 0 radical (unpaired) electrons. The molecule has 0 aliphatic carbocycles. The minimum atomic E-state index is -0.203. The summed E-state index contributed by atoms with van der Waals surface area (Å²) in [6.45, 7) is 2.29. The SMILES string of the molecule is CC(NC(=O)c1ccc(C(=O)NCc2ccccn2)cc1)c1ccccc1. The van der Waals surface area contributed by atoms with Gasteiger partial charge in [0.25, 0.3) is 11.8 Å². The van der Waals surface area contributed by atoms with Gasteiger partial charge in [-0.05, 0) is 48.9 Å². The molecule has 0 aliphatic rings. The predicted molar refractivity (Wildman–Crippen MR) is 104 cm³/mol. The van der Waals surface area contributed by atoms with Crippen LogP contribution in [0, 0.1) is 0 Å². The number of hydrogen-bond acceptors (Lipinski definition) is 3. The van der Waals surface area contributed by atoms with Gasteiger partial charge in [-0.25, -0.2) is 0 Å². The molecule has 0 aliphatic heterocycles. The van der Waals surface area contributed by atoms with Crippen molar-refractivity contribution >= 4 is 11.8 Å². The van der Waals surface area contributed by atoms with E-state index in [1.54, 1.807) is 30.5 Å². The zero-order chi connectivity index (χ0) is 19.1. The van der Waals surface area contributed by atoms with Crippen molar-refractivity contribution in [2.24, 2.45) is 0 Å². The van der Waals surface area contributed by atoms with Crippen LogP contribution in [-0.2, 0) is 6.54 Å². The van der Waals surface area contributed by atoms with Gasteiger partial charge in [0, 0.05) is 17.3 Å². The molecule has 2 aromatic carbocycles. The Morgan fingerprint density at radius 1 is 0.852 bits per heavy atom. The summed E-state index contributed by atoms with van der Waals surface area (Å²) in [6.07, 6.45) is 1.69. The number of nitrogens with one attached hydrogen (secondary N) is 2. The minimum absolute atomic E-state index is 0.0972. The fourth-order valence-electron chi connectivity index (χ4n) is 2.65. The van der Waals surface area contributed by atoms with Crippen LogP contribution in [0.3, 0.4) is 0 Å². The van der Waals surface area contributed by atoms with E-state index in [9.17, 15) is 9.59 Å². The zero-order valence-corrected chi connectivity index (χ0v) is 15.1. The van der Waals surface area contributed by atoms with Crippen molar-refractivity contribution in [3.63, 3.8) is 0 Å². The molecular weight excluding hydrogens is 338 g/mol. The standard InChI is InChI=1S/C22H21N3O2/c1-16(17-7-3-2-4-8-17)25-22(27)19-12-10-18(11-13-19)21(26)24-15-20-9-5-6-14-23-20/h2-14,16H,15H2,1H3,(H,24,26)(H,25,27). The molecule has 136 valence electrons. The first kappa shape index (κ1) is 18.3. The Balaban J connectivity index is 1.57. The van der Waals surface area contributed by atoms with Crippen molar-refractivity contribution in [2.45, 2.75) is 19.5 Å². The first-order chi connectivity index (χ1) is 13.1. The average Bonchev–Trinajstić information content (AvgIpc) is 2.73. The van der Waals surface area contributed by atoms with E-state index in [-0.39, 0.29) is 17.9 Å². The maximum Gasteiger partial charge on any atom is 0.251 e. The van der Waals surface area contributed by atoms with Crippen LogP contribution in [0.15, 0.2) is 79.0 Å². The van der Waals surface area contributed by atoms with Crippen molar-refractivity contribution in [3.05, 3.63) is 101 Å². The number of amides is 2. The number of rotatable bonds is 6. The van der Waals surface area contributed by atoms with Gasteiger partial charge in [0.05, 0.1) is 18.3 Å². The molecule has 1 atom stereocenters. The highest BCUT2D eigenvalue weighted by atomic mass is 16.2. The van der Waals surface area contributed by atoms with Gasteiger partial charge in [0.1, 0.15) is 0 Å². The van der Waals surface area contributed by atoms with E-state index in [4.69, 9.17) is 0 Å². The van der Waals surface area contributed by atoms with Crippen LogP contribution < -0.4 is 10.6 Å². The Bertz CT molecular complexity index is 894. The summed E-state index contributed by atoms with van der Waals surface area (Å²) in [5.74, 6) is -0.378. The van der Waals surface area contributed by atoms with Crippen LogP contribution in [0.1, 0.15) is 44.9 Å². The molecule has 2 N–H and O–H groups in total. The lowest BCUT2D eigenvalue weighted by Gasteiger charge is -2.14. The lowest BCUT2D eigenvalue weighted by molar-refractivity contribution is 0.0932. The van der Waals surface area contributed by atoms with Gasteiger partial charge in [-0.3, -0.25) is 14.6 Å². The fraction of sp³-hybridized carbons (Fsp3) is 0.136. The third-order valence-corrected chi connectivity index (χ3v) is 4.21. The van der Waals surface area contributed by atoms with Gasteiger partial charge in [-0.1, -0.05) is 36.4 Å². The van der Waals surface area contributed by atoms with E-state index in [1.807, 2.05) is 55.5 Å². The number of nitrogens with zero attached hydrogens (tertiary/aromatic N) is 1. The third-order valence-electron chi connectivity index (χ3n) is 4.21. The van der Waals surface area contributed by atoms with Crippen molar-refractivity contribution in [1.82, 2.24) is 15.6 Å². The molecular formula is C22H21N3O2. The highest BCUT2D eigenvalue weighted by Gasteiger charge is 2.12. The quantitative estimate of drug-likeness (QED) is 0.708. The number of benzene rings is 2. The largest absolute Gasteiger partial charge is 0.346 e. The van der Waals surface area contributed by atoms with Crippen LogP contribution >= 0.6 is 0 Å². The molecule has 3 aromatic rings. The maximum atomic E-state index is 12.4. The molecule has 0 saturated heterocycles. The summed E-state index contributed by atoms with van der Waals surface area (Å²) in [4.78, 5) is 28.8. The van der Waals surface area contributed by atoms with E-state index in [2.05, 4.69) is 15.6 Å². The molecule has 0 saturated carbocycles. The van der Waals surface area contributed by atoms with Gasteiger partial charge >= 0.3 is 0 Å². The van der Waals surface area contributed by atoms with Crippen LogP contribution in [0.5, 0.6) is 0 Å². The van der Waals surface area contributed by atoms with E-state index < -0.39 is 0 Å². The van der Waals surface area contributed by atoms with E-state index in [1.165, 1.54) is 0 Å². The predicted octanol–water partition coefficient (Wildman–Crippen LogP) is 3.50.